The molecule has 1 heterocycles. The van der Waals surface area contributed by atoms with Gasteiger partial charge in [-0.05, 0) is 56.5 Å². The number of aryl methyl sites for hydroxylation is 1. The molecule has 0 nitrogen and oxygen atoms in total. The maximum atomic E-state index is 13.8. The van der Waals surface area contributed by atoms with Crippen LogP contribution < -0.4 is 0 Å². The van der Waals surface area contributed by atoms with Gasteiger partial charge < -0.3 is 0 Å². The first-order valence-corrected chi connectivity index (χ1v) is 7.68. The molecule has 1 aromatic carbocycles. The van der Waals surface area contributed by atoms with E-state index in [9.17, 15) is 4.39 Å². The molecular weight excluding hydrogens is 390 g/mol. The summed E-state index contributed by atoms with van der Waals surface area (Å²) >= 11 is 14.7. The normalized spacial score (nSPS) is 12.8. The van der Waals surface area contributed by atoms with Crippen molar-refractivity contribution in [3.63, 3.8) is 0 Å². The van der Waals surface area contributed by atoms with Gasteiger partial charge in [0.25, 0.3) is 0 Å². The summed E-state index contributed by atoms with van der Waals surface area (Å²) in [5.41, 5.74) is 2.27. The predicted molar refractivity (Wildman–Crippen MR) is 78.6 cm³/mol. The van der Waals surface area contributed by atoms with Gasteiger partial charge >= 0.3 is 0 Å². The minimum absolute atomic E-state index is 0.265. The Morgan fingerprint density at radius 1 is 1.24 bits per heavy atom. The molecule has 0 N–H and O–H groups in total. The van der Waals surface area contributed by atoms with Crippen LogP contribution in [-0.4, -0.2) is 0 Å². The second-order valence-corrected chi connectivity index (χ2v) is 7.85. The predicted octanol–water partition coefficient (Wildman–Crippen LogP) is 6.05. The first kappa shape index (κ1) is 13.5. The van der Waals surface area contributed by atoms with Crippen molar-refractivity contribution in [3.05, 3.63) is 54.3 Å². The number of hydrogen-bond donors (Lipinski definition) is 0. The highest BCUT2D eigenvalue weighted by Gasteiger charge is 2.19. The van der Waals surface area contributed by atoms with Crippen molar-refractivity contribution in [3.8, 4) is 0 Å². The highest BCUT2D eigenvalue weighted by atomic mass is 79.9. The van der Waals surface area contributed by atoms with Crippen LogP contribution in [0.25, 0.3) is 0 Å². The molecule has 0 amide bonds. The van der Waals surface area contributed by atoms with E-state index in [0.29, 0.717) is 5.56 Å². The van der Waals surface area contributed by atoms with E-state index in [0.717, 1.165) is 18.7 Å². The number of rotatable bonds is 2. The Kier molecular flexibility index (Phi) is 4.29. The van der Waals surface area contributed by atoms with Gasteiger partial charge in [0.15, 0.2) is 0 Å². The minimum atomic E-state index is -0.479. The molecule has 17 heavy (non-hydrogen) atoms. The fraction of sp³-hybridized carbons (Fsp3) is 0.167. The first-order chi connectivity index (χ1) is 7.99. The Morgan fingerprint density at radius 2 is 1.94 bits per heavy atom. The van der Waals surface area contributed by atoms with Gasteiger partial charge in [-0.25, -0.2) is 4.39 Å². The zero-order valence-electron chi connectivity index (χ0n) is 8.81. The van der Waals surface area contributed by atoms with Gasteiger partial charge in [-0.2, -0.15) is 0 Å². The topological polar surface area (TPSA) is 0 Å². The minimum Gasteiger partial charge on any atom is -0.207 e. The lowest BCUT2D eigenvalue weighted by molar-refractivity contribution is 0.611. The van der Waals surface area contributed by atoms with Crippen LogP contribution in [0.5, 0.6) is 0 Å². The van der Waals surface area contributed by atoms with Crippen LogP contribution in [0.4, 0.5) is 4.39 Å². The number of benzene rings is 1. The zero-order chi connectivity index (χ0) is 12.6. The lowest BCUT2D eigenvalue weighted by Gasteiger charge is -2.10. The van der Waals surface area contributed by atoms with Crippen LogP contribution in [0, 0.1) is 12.7 Å². The summed E-state index contributed by atoms with van der Waals surface area (Å²) < 4.78 is 15.7. The molecule has 0 saturated carbocycles. The fourth-order valence-electron chi connectivity index (χ4n) is 1.53. The van der Waals surface area contributed by atoms with Crippen LogP contribution in [0.1, 0.15) is 22.1 Å². The number of hydrogen-bond acceptors (Lipinski definition) is 1. The Balaban J connectivity index is 2.43. The maximum Gasteiger partial charge on any atom is 0.128 e. The van der Waals surface area contributed by atoms with E-state index in [2.05, 4.69) is 31.9 Å². The summed E-state index contributed by atoms with van der Waals surface area (Å²) in [6, 6.07) is 7.01. The van der Waals surface area contributed by atoms with E-state index in [-0.39, 0.29) is 5.82 Å². The molecule has 1 atom stereocenters. The fourth-order valence-corrected chi connectivity index (χ4v) is 4.98. The van der Waals surface area contributed by atoms with Crippen LogP contribution in [0.3, 0.4) is 0 Å². The van der Waals surface area contributed by atoms with Gasteiger partial charge in [-0.3, -0.25) is 0 Å². The second-order valence-electron chi connectivity index (χ2n) is 3.67. The third kappa shape index (κ3) is 2.92. The van der Waals surface area contributed by atoms with Crippen LogP contribution >= 0.6 is 54.8 Å². The monoisotopic (exact) mass is 396 g/mol. The average molecular weight is 399 g/mol. The van der Waals surface area contributed by atoms with Gasteiger partial charge in [-0.1, -0.05) is 12.1 Å². The SMILES string of the molecule is Cc1ccc(C(Cl)c2cc(Br)sc2Br)c(F)c1. The molecule has 0 aliphatic heterocycles. The van der Waals surface area contributed by atoms with Crippen molar-refractivity contribution < 1.29 is 4.39 Å². The van der Waals surface area contributed by atoms with Crippen molar-refractivity contribution in [2.75, 3.05) is 0 Å². The van der Waals surface area contributed by atoms with E-state index < -0.39 is 5.38 Å². The average Bonchev–Trinajstić information content (AvgIpc) is 2.57. The molecule has 2 rings (SSSR count). The van der Waals surface area contributed by atoms with Crippen molar-refractivity contribution in [1.82, 2.24) is 0 Å². The Morgan fingerprint density at radius 3 is 2.47 bits per heavy atom. The summed E-state index contributed by atoms with van der Waals surface area (Å²) in [6.45, 7) is 1.85. The van der Waals surface area contributed by atoms with Crippen molar-refractivity contribution in [2.45, 2.75) is 12.3 Å². The van der Waals surface area contributed by atoms with Crippen LogP contribution in [-0.2, 0) is 0 Å². The highest BCUT2D eigenvalue weighted by Crippen LogP contribution is 2.41. The summed E-state index contributed by atoms with van der Waals surface area (Å²) in [4.78, 5) is 0. The summed E-state index contributed by atoms with van der Waals surface area (Å²) in [5.74, 6) is -0.265. The van der Waals surface area contributed by atoms with Crippen molar-refractivity contribution >= 4 is 54.8 Å². The lowest BCUT2D eigenvalue weighted by atomic mass is 10.0. The van der Waals surface area contributed by atoms with Gasteiger partial charge in [0.2, 0.25) is 0 Å². The Hall–Kier alpha value is 0.1000. The summed E-state index contributed by atoms with van der Waals surface area (Å²) in [6.07, 6.45) is 0. The number of alkyl halides is 1. The smallest absolute Gasteiger partial charge is 0.128 e. The Bertz CT molecular complexity index is 553. The third-order valence-electron chi connectivity index (χ3n) is 2.39. The molecule has 2 aromatic rings. The molecule has 0 fully saturated rings. The van der Waals surface area contributed by atoms with Gasteiger partial charge in [0, 0.05) is 11.1 Å². The van der Waals surface area contributed by atoms with Gasteiger partial charge in [0.05, 0.1) is 12.9 Å². The van der Waals surface area contributed by atoms with Gasteiger partial charge in [0.1, 0.15) is 5.82 Å². The van der Waals surface area contributed by atoms with Crippen molar-refractivity contribution in [2.24, 2.45) is 0 Å². The molecule has 0 spiro atoms. The molecule has 0 bridgehead atoms. The second kappa shape index (κ2) is 5.39. The summed E-state index contributed by atoms with van der Waals surface area (Å²) in [5, 5.41) is -0.479. The van der Waals surface area contributed by atoms with Crippen LogP contribution in [0.2, 0.25) is 0 Å². The van der Waals surface area contributed by atoms with Crippen LogP contribution in [0.15, 0.2) is 31.8 Å². The standard InChI is InChI=1S/C12H8Br2ClFS/c1-6-2-3-7(9(16)4-6)11(15)8-5-10(13)17-12(8)14/h2-5,11H,1H3. The van der Waals surface area contributed by atoms with E-state index >= 15 is 0 Å². The van der Waals surface area contributed by atoms with E-state index in [1.165, 1.54) is 17.4 Å². The molecule has 1 aromatic heterocycles. The number of thiophene rings is 1. The van der Waals surface area contributed by atoms with Crippen molar-refractivity contribution in [1.29, 1.82) is 0 Å². The number of halogens is 4. The first-order valence-electron chi connectivity index (χ1n) is 4.84. The molecule has 0 aliphatic carbocycles. The molecule has 0 radical (unpaired) electrons. The quantitative estimate of drug-likeness (QED) is 0.540. The molecule has 5 heteroatoms. The maximum absolute atomic E-state index is 13.8. The largest absolute Gasteiger partial charge is 0.207 e. The third-order valence-corrected chi connectivity index (χ3v) is 5.24. The lowest BCUT2D eigenvalue weighted by Crippen LogP contribution is -1.96. The molecule has 1 unspecified atom stereocenters. The van der Waals surface area contributed by atoms with Gasteiger partial charge in [-0.15, -0.1) is 22.9 Å². The summed E-state index contributed by atoms with van der Waals surface area (Å²) in [7, 11) is 0. The van der Waals surface area contributed by atoms with E-state index in [1.54, 1.807) is 6.07 Å². The highest BCUT2D eigenvalue weighted by molar-refractivity contribution is 9.12. The Labute approximate surface area is 125 Å². The molecule has 0 saturated heterocycles. The van der Waals surface area contributed by atoms with E-state index in [4.69, 9.17) is 11.6 Å². The molecular formula is C12H8Br2ClFS. The molecule has 90 valence electrons. The van der Waals surface area contributed by atoms with E-state index in [1.807, 2.05) is 19.1 Å². The zero-order valence-corrected chi connectivity index (χ0v) is 13.6. The molecule has 0 aliphatic rings.